The summed E-state index contributed by atoms with van der Waals surface area (Å²) >= 11 is 0. The molecule has 0 spiro atoms. The monoisotopic (exact) mass is 1790 g/mol. The van der Waals surface area contributed by atoms with Crippen LogP contribution in [0.3, 0.4) is 0 Å². The number of carbonyl (C=O) groups is 7. The van der Waals surface area contributed by atoms with Gasteiger partial charge in [-0.2, -0.15) is 0 Å². The number of aliphatic hydroxyl groups excluding tert-OH is 2. The molecule has 1 fully saturated rings. The van der Waals surface area contributed by atoms with E-state index in [4.69, 9.17) is 123 Å². The number of ether oxygens (including phenoxy) is 26. The fourth-order valence-corrected chi connectivity index (χ4v) is 11.8. The Morgan fingerprint density at radius 1 is 0.416 bits per heavy atom. The van der Waals surface area contributed by atoms with E-state index in [-0.39, 0.29) is 83.7 Å². The molecule has 2 aliphatic rings. The fourth-order valence-electron chi connectivity index (χ4n) is 11.8. The lowest BCUT2D eigenvalue weighted by Crippen LogP contribution is -2.58. The topological polar surface area (TPSA) is 439 Å². The van der Waals surface area contributed by atoms with Crippen LogP contribution in [-0.4, -0.2) is 404 Å². The summed E-state index contributed by atoms with van der Waals surface area (Å²) in [6, 6.07) is 5.78. The van der Waals surface area contributed by atoms with E-state index in [1.165, 1.54) is 20.8 Å². The summed E-state index contributed by atoms with van der Waals surface area (Å²) < 4.78 is 145. The number of aliphatic hydroxyl groups is 2. The highest BCUT2D eigenvalue weighted by Crippen LogP contribution is 2.32. The number of imide groups is 1. The summed E-state index contributed by atoms with van der Waals surface area (Å²) in [5.74, 6) is -5.27. The molecule has 39 heteroatoms. The van der Waals surface area contributed by atoms with Crippen LogP contribution in [-0.2, 0) is 167 Å². The highest BCUT2D eigenvalue weighted by molar-refractivity contribution is 6.15. The molecule has 0 aliphatic carbocycles. The van der Waals surface area contributed by atoms with Crippen LogP contribution in [0.25, 0.3) is 0 Å². The Kier molecular flexibility index (Phi) is 64.9. The number of aryl methyl sites for hydroxylation is 1. The van der Waals surface area contributed by atoms with Gasteiger partial charge < -0.3 is 149 Å². The van der Waals surface area contributed by atoms with Gasteiger partial charge in [0.05, 0.1) is 290 Å². The number of nitrogens with one attached hydrogen (secondary N) is 3. The molecule has 4 rings (SSSR count). The van der Waals surface area contributed by atoms with Gasteiger partial charge in [-0.05, 0) is 73.6 Å². The third-order valence-electron chi connectivity index (χ3n) is 18.5. The van der Waals surface area contributed by atoms with Gasteiger partial charge in [0, 0.05) is 51.3 Å². The van der Waals surface area contributed by atoms with Gasteiger partial charge in [0.15, 0.2) is 17.3 Å². The second-order valence-electron chi connectivity index (χ2n) is 28.6. The molecule has 2 aromatic carbocycles. The highest BCUT2D eigenvalue weighted by Gasteiger charge is 2.44. The summed E-state index contributed by atoms with van der Waals surface area (Å²) in [4.78, 5) is 94.6. The fraction of sp³-hybridized carbons (Fsp3) is 0.756. The van der Waals surface area contributed by atoms with Crippen LogP contribution < -0.4 is 25.4 Å². The Bertz CT molecular complexity index is 3160. The number of anilines is 1. The van der Waals surface area contributed by atoms with Crippen molar-refractivity contribution in [2.24, 2.45) is 11.8 Å². The summed E-state index contributed by atoms with van der Waals surface area (Å²) in [6.45, 7) is 26.5. The Hall–Kier alpha value is -6.53. The molecule has 716 valence electrons. The number of amides is 5. The average molecular weight is 1790 g/mol. The van der Waals surface area contributed by atoms with E-state index in [0.717, 1.165) is 17.1 Å². The maximum absolute atomic E-state index is 14.7. The molecule has 2 heterocycles. The van der Waals surface area contributed by atoms with E-state index >= 15 is 0 Å². The lowest BCUT2D eigenvalue weighted by atomic mass is 9.84. The number of esters is 1. The van der Waals surface area contributed by atoms with Gasteiger partial charge in [0.2, 0.25) is 17.7 Å². The van der Waals surface area contributed by atoms with E-state index < -0.39 is 89.9 Å². The van der Waals surface area contributed by atoms with Gasteiger partial charge in [0.25, 0.3) is 11.8 Å². The number of ketones is 1. The van der Waals surface area contributed by atoms with Crippen LogP contribution in [0.5, 0.6) is 11.5 Å². The van der Waals surface area contributed by atoms with Gasteiger partial charge >= 0.3 is 5.97 Å². The number of hydrogen-bond acceptors (Lipinski definition) is 35. The van der Waals surface area contributed by atoms with Crippen molar-refractivity contribution in [1.29, 1.82) is 0 Å². The largest absolute Gasteiger partial charge is 0.487 e. The maximum Gasteiger partial charge on any atom is 0.302 e. The zero-order valence-corrected chi connectivity index (χ0v) is 74.6. The SMILES string of the molecule is COCCOCCOCCOCCOCCOCCOCCOCCOCCOCCOCCOc1ccc(C[C@@H](C(=O)N[C@H](C(=O)N[C@@H](C)C(=O)Nc2ccc(COC(C)=O)c(CC[C@@H]3O[C@H](C(C)=O)[C@@H](C)C(O)[C@H]3O)c2)C(C)C)N2C(=O)C=CC2=O)cc1OCCOCCOCCOCCOCCOCCOCCOCCOCCOCCOCCOC. The summed E-state index contributed by atoms with van der Waals surface area (Å²) in [6.07, 6.45) is -2.17. The zero-order valence-electron chi connectivity index (χ0n) is 74.6. The van der Waals surface area contributed by atoms with Crippen molar-refractivity contribution in [2.75, 3.05) is 310 Å². The van der Waals surface area contributed by atoms with Crippen LogP contribution in [0.2, 0.25) is 0 Å². The van der Waals surface area contributed by atoms with E-state index in [1.54, 1.807) is 71.4 Å². The van der Waals surface area contributed by atoms with Crippen molar-refractivity contribution >= 4 is 47.0 Å². The molecule has 39 nitrogen and oxygen atoms in total. The molecule has 2 aromatic rings. The first-order valence-electron chi connectivity index (χ1n) is 43.0. The van der Waals surface area contributed by atoms with Gasteiger partial charge in [-0.25, -0.2) is 0 Å². The first kappa shape index (κ1) is 111. The molecule has 8 atom stereocenters. The third kappa shape index (κ3) is 52.7. The normalized spacial score (nSPS) is 16.6. The number of carbonyl (C=O) groups excluding carboxylic acids is 7. The first-order valence-corrected chi connectivity index (χ1v) is 43.0. The standard InChI is InChI=1S/C86H142N4O35/c1-65(2)80(86(99)87-67(4)84(97)88-73-12-10-72(64-124-69(6)92)71(63-73)11-14-76-82(96)81(95)66(3)83(125-76)68(5)91)89-85(98)74(90-78(93)15-16-79(90)94)61-70-9-13-75(122-59-57-120-55-53-118-51-49-116-47-45-114-43-41-112-39-37-110-35-33-108-31-29-106-27-25-104-23-21-102-19-17-100-7)77(62-70)123-60-58-121-56-54-119-52-50-117-48-46-115-44-42-113-40-38-111-36-34-109-32-30-107-28-26-105-24-22-103-20-18-101-8/h9-10,12-13,15-16,62-63,65-67,74,76,80-83,95-96H,11,14,17-61,64H2,1-8H3,(H,87,99)(H,88,97)(H,89,98)/t66-,67-,74-,76-,80-,81?,82-,83-/m0/s1. The molecule has 0 aromatic heterocycles. The predicted octanol–water partition coefficient (Wildman–Crippen LogP) is 1.90. The van der Waals surface area contributed by atoms with E-state index in [2.05, 4.69) is 16.0 Å². The molecule has 125 heavy (non-hydrogen) atoms. The molecule has 0 bridgehead atoms. The molecule has 1 saturated heterocycles. The number of nitrogens with zero attached hydrogens (tertiary/aromatic N) is 1. The van der Waals surface area contributed by atoms with Crippen LogP contribution in [0.4, 0.5) is 5.69 Å². The molecule has 2 aliphatic heterocycles. The Balaban J connectivity index is 1.21. The summed E-state index contributed by atoms with van der Waals surface area (Å²) in [5, 5.41) is 29.9. The van der Waals surface area contributed by atoms with E-state index in [0.29, 0.717) is 273 Å². The van der Waals surface area contributed by atoms with E-state index in [9.17, 15) is 43.8 Å². The average Bonchev–Trinajstić information content (AvgIpc) is 1.79. The quantitative estimate of drug-likeness (QED) is 0.0359. The minimum Gasteiger partial charge on any atom is -0.487 e. The minimum absolute atomic E-state index is 0.0428. The molecule has 0 saturated carbocycles. The number of hydrogen-bond donors (Lipinski definition) is 5. The lowest BCUT2D eigenvalue weighted by molar-refractivity contribution is -0.198. The summed E-state index contributed by atoms with van der Waals surface area (Å²) in [7, 11) is 3.26. The zero-order chi connectivity index (χ0) is 90.4. The second kappa shape index (κ2) is 73.3. The van der Waals surface area contributed by atoms with Crippen molar-refractivity contribution in [3.8, 4) is 11.5 Å². The lowest BCUT2D eigenvalue weighted by Gasteiger charge is -2.40. The Morgan fingerprint density at radius 3 is 1.11 bits per heavy atom. The number of benzene rings is 2. The molecule has 5 amide bonds. The predicted molar refractivity (Wildman–Crippen MR) is 450 cm³/mol. The second-order valence-corrected chi connectivity index (χ2v) is 28.6. The Morgan fingerprint density at radius 2 is 0.768 bits per heavy atom. The smallest absolute Gasteiger partial charge is 0.302 e. The van der Waals surface area contributed by atoms with Gasteiger partial charge in [-0.1, -0.05) is 32.9 Å². The van der Waals surface area contributed by atoms with Crippen LogP contribution in [0.15, 0.2) is 48.6 Å². The van der Waals surface area contributed by atoms with Crippen LogP contribution in [0.1, 0.15) is 64.7 Å². The van der Waals surface area contributed by atoms with Crippen molar-refractivity contribution in [3.63, 3.8) is 0 Å². The van der Waals surface area contributed by atoms with Crippen molar-refractivity contribution in [2.45, 2.75) is 110 Å². The minimum atomic E-state index is -1.49. The van der Waals surface area contributed by atoms with Gasteiger partial charge in [-0.15, -0.1) is 0 Å². The molecular weight excluding hydrogens is 1650 g/mol. The molecule has 5 N–H and O–H groups in total. The maximum atomic E-state index is 14.7. The first-order chi connectivity index (χ1) is 60.9. The van der Waals surface area contributed by atoms with Gasteiger partial charge in [-0.3, -0.25) is 38.5 Å². The molecule has 1 unspecified atom stereocenters. The van der Waals surface area contributed by atoms with Gasteiger partial charge in [0.1, 0.15) is 50.2 Å². The molecule has 0 radical (unpaired) electrons. The highest BCUT2D eigenvalue weighted by atomic mass is 16.6. The van der Waals surface area contributed by atoms with E-state index in [1.807, 2.05) is 0 Å². The van der Waals surface area contributed by atoms with Crippen LogP contribution in [0, 0.1) is 11.8 Å². The Labute approximate surface area is 735 Å². The van der Waals surface area contributed by atoms with Crippen molar-refractivity contribution in [1.82, 2.24) is 15.5 Å². The number of rotatable bonds is 84. The number of Topliss-reactive ketones (excluding diaryl/α,β-unsaturated/α-hetero) is 1. The van der Waals surface area contributed by atoms with Crippen molar-refractivity contribution in [3.05, 3.63) is 65.2 Å². The molecular formula is C86H142N4O35. The third-order valence-corrected chi connectivity index (χ3v) is 18.5. The number of methoxy groups -OCH3 is 2. The van der Waals surface area contributed by atoms with Crippen molar-refractivity contribution < 1.29 is 167 Å². The van der Waals surface area contributed by atoms with Crippen LogP contribution >= 0.6 is 0 Å². The summed E-state index contributed by atoms with van der Waals surface area (Å²) in [5.41, 5.74) is 1.91.